The van der Waals surface area contributed by atoms with Gasteiger partial charge in [-0.3, -0.25) is 15.0 Å². The van der Waals surface area contributed by atoms with E-state index in [1.807, 2.05) is 41.2 Å². The van der Waals surface area contributed by atoms with Gasteiger partial charge in [-0.2, -0.15) is 10.1 Å². The van der Waals surface area contributed by atoms with E-state index in [1.165, 1.54) is 6.07 Å². The van der Waals surface area contributed by atoms with E-state index in [-0.39, 0.29) is 17.3 Å². The molecule has 0 atom stereocenters. The van der Waals surface area contributed by atoms with E-state index in [1.54, 1.807) is 49.1 Å². The molecule has 0 unspecified atom stereocenters. The van der Waals surface area contributed by atoms with Crippen LogP contribution >= 0.6 is 0 Å². The first-order valence-electron chi connectivity index (χ1n) is 11.1. The molecule has 0 amide bonds. The summed E-state index contributed by atoms with van der Waals surface area (Å²) >= 11 is 0. The molecule has 4 aromatic rings. The second kappa shape index (κ2) is 9.84. The van der Waals surface area contributed by atoms with Crippen LogP contribution in [0.4, 0.5) is 10.1 Å². The SMILES string of the molecule is CN1C=NN(Cc2ccc(-c3noc(/C(N)=C(\c4ccncc4)N(N)c4ccccc4F)n3)cc2)C1. The van der Waals surface area contributed by atoms with Crippen LogP contribution in [0.5, 0.6) is 0 Å². The molecule has 0 saturated heterocycles. The minimum Gasteiger partial charge on any atom is -0.392 e. The molecule has 3 heterocycles. The van der Waals surface area contributed by atoms with Crippen molar-refractivity contribution in [2.75, 3.05) is 18.7 Å². The lowest BCUT2D eigenvalue weighted by Gasteiger charge is -2.23. The number of hydrazine groups is 1. The van der Waals surface area contributed by atoms with Crippen LogP contribution in [0.3, 0.4) is 0 Å². The zero-order valence-corrected chi connectivity index (χ0v) is 19.5. The first-order chi connectivity index (χ1) is 17.5. The molecule has 36 heavy (non-hydrogen) atoms. The maximum absolute atomic E-state index is 14.5. The number of hydrazone groups is 1. The van der Waals surface area contributed by atoms with Gasteiger partial charge in [-0.25, -0.2) is 10.2 Å². The normalized spacial score (nSPS) is 13.8. The molecule has 5 rings (SSSR count). The van der Waals surface area contributed by atoms with E-state index in [2.05, 4.69) is 20.2 Å². The van der Waals surface area contributed by atoms with Crippen LogP contribution in [-0.4, -0.2) is 45.1 Å². The predicted molar refractivity (Wildman–Crippen MR) is 135 cm³/mol. The Balaban J connectivity index is 1.45. The van der Waals surface area contributed by atoms with Crippen molar-refractivity contribution in [3.05, 3.63) is 95.9 Å². The molecule has 4 N–H and O–H groups in total. The predicted octanol–water partition coefficient (Wildman–Crippen LogP) is 3.08. The Kier molecular flexibility index (Phi) is 6.29. The third kappa shape index (κ3) is 4.72. The van der Waals surface area contributed by atoms with Gasteiger partial charge in [0, 0.05) is 30.6 Å². The Labute approximate surface area is 206 Å². The summed E-state index contributed by atoms with van der Waals surface area (Å²) in [6.45, 7) is 1.43. The zero-order valence-electron chi connectivity index (χ0n) is 19.5. The molecule has 0 bridgehead atoms. The molecule has 0 saturated carbocycles. The lowest BCUT2D eigenvalue weighted by Crippen LogP contribution is -2.32. The number of hydrogen-bond acceptors (Lipinski definition) is 10. The van der Waals surface area contributed by atoms with Gasteiger partial charge in [-0.05, 0) is 29.8 Å². The van der Waals surface area contributed by atoms with E-state index in [9.17, 15) is 4.39 Å². The third-order valence-electron chi connectivity index (χ3n) is 5.59. The van der Waals surface area contributed by atoms with Gasteiger partial charge in [0.1, 0.15) is 24.5 Å². The Morgan fingerprint density at radius 2 is 1.83 bits per heavy atom. The zero-order chi connectivity index (χ0) is 25.1. The van der Waals surface area contributed by atoms with Gasteiger partial charge in [0.25, 0.3) is 5.89 Å². The summed E-state index contributed by atoms with van der Waals surface area (Å²) in [5, 5.41) is 11.5. The molecular formula is C25H24FN9O. The maximum Gasteiger partial charge on any atom is 0.276 e. The van der Waals surface area contributed by atoms with Crippen molar-refractivity contribution < 1.29 is 8.91 Å². The van der Waals surface area contributed by atoms with Crippen molar-refractivity contribution in [2.24, 2.45) is 16.7 Å². The molecule has 0 radical (unpaired) electrons. The fraction of sp³-hybridized carbons (Fsp3) is 0.120. The largest absolute Gasteiger partial charge is 0.392 e. The summed E-state index contributed by atoms with van der Waals surface area (Å²) in [5.41, 5.74) is 9.46. The molecule has 2 aromatic carbocycles. The van der Waals surface area contributed by atoms with Gasteiger partial charge < -0.3 is 15.2 Å². The molecule has 10 nitrogen and oxygen atoms in total. The quantitative estimate of drug-likeness (QED) is 0.300. The lowest BCUT2D eigenvalue weighted by atomic mass is 10.1. The van der Waals surface area contributed by atoms with Gasteiger partial charge in [0.2, 0.25) is 5.82 Å². The van der Waals surface area contributed by atoms with Crippen LogP contribution in [0.25, 0.3) is 22.8 Å². The highest BCUT2D eigenvalue weighted by molar-refractivity contribution is 5.93. The van der Waals surface area contributed by atoms with Gasteiger partial charge in [-0.1, -0.05) is 41.6 Å². The number of hydrogen-bond donors (Lipinski definition) is 2. The Bertz CT molecular complexity index is 1400. The first kappa shape index (κ1) is 23.0. The van der Waals surface area contributed by atoms with Crippen LogP contribution in [0, 0.1) is 5.82 Å². The van der Waals surface area contributed by atoms with Crippen LogP contribution in [0.2, 0.25) is 0 Å². The number of rotatable bonds is 7. The highest BCUT2D eigenvalue weighted by Crippen LogP contribution is 2.30. The topological polar surface area (TPSA) is 126 Å². The van der Waals surface area contributed by atoms with Crippen molar-refractivity contribution in [2.45, 2.75) is 6.54 Å². The maximum atomic E-state index is 14.5. The monoisotopic (exact) mass is 485 g/mol. The van der Waals surface area contributed by atoms with Crippen LogP contribution in [0.15, 0.2) is 82.7 Å². The van der Waals surface area contributed by atoms with E-state index >= 15 is 0 Å². The summed E-state index contributed by atoms with van der Waals surface area (Å²) in [7, 11) is 1.97. The summed E-state index contributed by atoms with van der Waals surface area (Å²) in [6, 6.07) is 17.3. The van der Waals surface area contributed by atoms with Gasteiger partial charge >= 0.3 is 0 Å². The molecule has 182 valence electrons. The second-order valence-corrected chi connectivity index (χ2v) is 8.23. The lowest BCUT2D eigenvalue weighted by molar-refractivity contribution is 0.245. The number of para-hydroxylation sites is 1. The number of anilines is 1. The molecule has 0 aliphatic carbocycles. The Morgan fingerprint density at radius 3 is 2.53 bits per heavy atom. The molecule has 1 aliphatic heterocycles. The van der Waals surface area contributed by atoms with Gasteiger partial charge in [0.15, 0.2) is 0 Å². The van der Waals surface area contributed by atoms with Crippen molar-refractivity contribution in [1.82, 2.24) is 25.0 Å². The molecule has 0 spiro atoms. The minimum absolute atomic E-state index is 0.0575. The second-order valence-electron chi connectivity index (χ2n) is 8.23. The first-order valence-corrected chi connectivity index (χ1v) is 11.1. The van der Waals surface area contributed by atoms with Crippen molar-refractivity contribution in [3.8, 4) is 11.4 Å². The van der Waals surface area contributed by atoms with E-state index in [4.69, 9.17) is 16.1 Å². The van der Waals surface area contributed by atoms with E-state index in [0.717, 1.165) is 22.8 Å². The average Bonchev–Trinajstić information content (AvgIpc) is 3.55. The Morgan fingerprint density at radius 1 is 1.08 bits per heavy atom. The molecule has 0 fully saturated rings. The summed E-state index contributed by atoms with van der Waals surface area (Å²) in [5.74, 6) is 6.27. The number of pyridine rings is 1. The van der Waals surface area contributed by atoms with Gasteiger partial charge in [-0.15, -0.1) is 0 Å². The number of nitrogens with two attached hydrogens (primary N) is 2. The van der Waals surface area contributed by atoms with Crippen LogP contribution < -0.4 is 16.6 Å². The summed E-state index contributed by atoms with van der Waals surface area (Å²) in [4.78, 5) is 10.5. The standard InChI is InChI=1S/C25H24FN9O/c1-33-15-30-34(16-33)14-17-6-8-19(9-7-17)24-31-25(36-32-24)22(27)23(18-10-12-29-13-11-18)35(28)21-5-3-2-4-20(21)26/h2-13,15H,14,16,27-28H2,1H3/b23-22-. The van der Waals surface area contributed by atoms with E-state index < -0.39 is 5.82 Å². The fourth-order valence-electron chi connectivity index (χ4n) is 3.81. The van der Waals surface area contributed by atoms with Gasteiger partial charge in [0.05, 0.1) is 17.9 Å². The molecule has 11 heteroatoms. The smallest absolute Gasteiger partial charge is 0.276 e. The minimum atomic E-state index is -0.503. The van der Waals surface area contributed by atoms with Crippen molar-refractivity contribution in [3.63, 3.8) is 0 Å². The highest BCUT2D eigenvalue weighted by atomic mass is 19.1. The van der Waals surface area contributed by atoms with Crippen molar-refractivity contribution in [1.29, 1.82) is 0 Å². The average molecular weight is 486 g/mol. The molecular weight excluding hydrogens is 461 g/mol. The Hall–Kier alpha value is -4.77. The summed E-state index contributed by atoms with van der Waals surface area (Å²) < 4.78 is 20.0. The number of nitrogens with zero attached hydrogens (tertiary/aromatic N) is 7. The number of halogens is 1. The van der Waals surface area contributed by atoms with Crippen LogP contribution in [0.1, 0.15) is 17.0 Å². The molecule has 1 aliphatic rings. The van der Waals surface area contributed by atoms with E-state index in [0.29, 0.717) is 23.6 Å². The molecule has 2 aromatic heterocycles. The fourth-order valence-corrected chi connectivity index (χ4v) is 3.81. The summed E-state index contributed by atoms with van der Waals surface area (Å²) in [6.07, 6.45) is 4.97. The van der Waals surface area contributed by atoms with Crippen LogP contribution in [-0.2, 0) is 6.54 Å². The highest BCUT2D eigenvalue weighted by Gasteiger charge is 2.22. The number of aromatic nitrogens is 3. The van der Waals surface area contributed by atoms with Crippen molar-refractivity contribution >= 4 is 23.4 Å². The third-order valence-corrected chi connectivity index (χ3v) is 5.59. The number of benzene rings is 2.